The molecule has 3 heteroatoms. The molecule has 0 aliphatic rings. The van der Waals surface area contributed by atoms with Gasteiger partial charge in [-0.05, 0) is 18.5 Å². The highest BCUT2D eigenvalue weighted by molar-refractivity contribution is 6.89. The summed E-state index contributed by atoms with van der Waals surface area (Å²) >= 11 is 0. The second-order valence-electron chi connectivity index (χ2n) is 6.73. The summed E-state index contributed by atoms with van der Waals surface area (Å²) in [7, 11) is -2.36. The molecule has 17 heavy (non-hydrogen) atoms. The summed E-state index contributed by atoms with van der Waals surface area (Å²) in [5.41, 5.74) is 1.47. The van der Waals surface area contributed by atoms with Crippen LogP contribution in [0.1, 0.15) is 5.56 Å². The maximum absolute atomic E-state index is 2.85. The number of rotatable bonds is 5. The van der Waals surface area contributed by atoms with Crippen LogP contribution in [-0.2, 0) is 6.42 Å². The van der Waals surface area contributed by atoms with Crippen LogP contribution >= 0.6 is 0 Å². The van der Waals surface area contributed by atoms with Crippen molar-refractivity contribution in [1.29, 1.82) is 0 Å². The molecule has 0 bridgehead atoms. The van der Waals surface area contributed by atoms with Gasteiger partial charge in [-0.25, -0.2) is 0 Å². The van der Waals surface area contributed by atoms with Gasteiger partial charge in [-0.15, -0.1) is 0 Å². The molecule has 0 aliphatic carbocycles. The van der Waals surface area contributed by atoms with Crippen molar-refractivity contribution in [3.63, 3.8) is 0 Å². The van der Waals surface area contributed by atoms with E-state index in [1.165, 1.54) is 18.5 Å². The number of hydrogen-bond acceptors (Lipinski definition) is 1. The maximum atomic E-state index is 2.85. The smallest absolute Gasteiger partial charge is 0.112 e. The van der Waals surface area contributed by atoms with Crippen molar-refractivity contribution in [2.45, 2.75) is 45.7 Å². The Balaban J connectivity index is 2.70. The highest BCUT2D eigenvalue weighted by atomic mass is 28.4. The van der Waals surface area contributed by atoms with Crippen LogP contribution < -0.4 is 0 Å². The van der Waals surface area contributed by atoms with E-state index >= 15 is 0 Å². The van der Waals surface area contributed by atoms with Crippen LogP contribution in [0.3, 0.4) is 0 Å². The molecule has 1 aromatic carbocycles. The van der Waals surface area contributed by atoms with E-state index in [1.54, 1.807) is 0 Å². The van der Waals surface area contributed by atoms with Crippen molar-refractivity contribution in [3.8, 4) is 0 Å². The van der Waals surface area contributed by atoms with Crippen molar-refractivity contribution < 1.29 is 0 Å². The monoisotopic (exact) mass is 265 g/mol. The van der Waals surface area contributed by atoms with Crippen molar-refractivity contribution in [2.75, 3.05) is 6.54 Å². The van der Waals surface area contributed by atoms with Crippen LogP contribution in [-0.4, -0.2) is 27.2 Å². The molecule has 1 aromatic rings. The zero-order valence-electron chi connectivity index (χ0n) is 12.2. The number of hydrogen-bond donors (Lipinski definition) is 0. The fourth-order valence-corrected chi connectivity index (χ4v) is 12.2. The van der Waals surface area contributed by atoms with E-state index in [0.717, 1.165) is 0 Å². The zero-order valence-corrected chi connectivity index (χ0v) is 14.2. The third-order valence-electron chi connectivity index (χ3n) is 3.09. The van der Waals surface area contributed by atoms with Gasteiger partial charge < -0.3 is 4.23 Å². The van der Waals surface area contributed by atoms with Gasteiger partial charge in [0.25, 0.3) is 0 Å². The van der Waals surface area contributed by atoms with E-state index < -0.39 is 16.5 Å². The standard InChI is InChI=1S/C14H27NSi2/c1-16(2,3)15(17(4,5)6)13-12-14-10-8-7-9-11-14/h7-11H,12-13H2,1-6H3. The lowest BCUT2D eigenvalue weighted by atomic mass is 10.2. The molecule has 0 amide bonds. The van der Waals surface area contributed by atoms with Crippen LogP contribution in [0.4, 0.5) is 0 Å². The van der Waals surface area contributed by atoms with Gasteiger partial charge in [-0.3, -0.25) is 0 Å². The van der Waals surface area contributed by atoms with Crippen molar-refractivity contribution in [3.05, 3.63) is 35.9 Å². The highest BCUT2D eigenvalue weighted by Crippen LogP contribution is 2.20. The average molecular weight is 266 g/mol. The predicted octanol–water partition coefficient (Wildman–Crippen LogP) is 4.20. The molecule has 0 atom stereocenters. The summed E-state index contributed by atoms with van der Waals surface area (Å²) in [6.45, 7) is 16.0. The summed E-state index contributed by atoms with van der Waals surface area (Å²) in [5.74, 6) is 0. The Morgan fingerprint density at radius 1 is 0.824 bits per heavy atom. The minimum absolute atomic E-state index is 1.18. The molecular weight excluding hydrogens is 238 g/mol. The van der Waals surface area contributed by atoms with Gasteiger partial charge >= 0.3 is 0 Å². The minimum atomic E-state index is -1.18. The molecule has 0 unspecified atom stereocenters. The van der Waals surface area contributed by atoms with E-state index in [0.29, 0.717) is 0 Å². The van der Waals surface area contributed by atoms with Gasteiger partial charge in [-0.1, -0.05) is 69.6 Å². The summed E-state index contributed by atoms with van der Waals surface area (Å²) < 4.78 is 2.85. The maximum Gasteiger partial charge on any atom is 0.112 e. The van der Waals surface area contributed by atoms with E-state index in [4.69, 9.17) is 0 Å². The van der Waals surface area contributed by atoms with Gasteiger partial charge in [0.2, 0.25) is 0 Å². The number of benzene rings is 1. The molecule has 96 valence electrons. The lowest BCUT2D eigenvalue weighted by Gasteiger charge is -2.43. The van der Waals surface area contributed by atoms with Gasteiger partial charge in [-0.2, -0.15) is 0 Å². The fraction of sp³-hybridized carbons (Fsp3) is 0.571. The summed E-state index contributed by atoms with van der Waals surface area (Å²) in [6.07, 6.45) is 1.19. The number of nitrogens with zero attached hydrogens (tertiary/aromatic N) is 1. The summed E-state index contributed by atoms with van der Waals surface area (Å²) in [5, 5.41) is 0. The van der Waals surface area contributed by atoms with Crippen LogP contribution in [0, 0.1) is 0 Å². The first kappa shape index (κ1) is 14.7. The minimum Gasteiger partial charge on any atom is -0.345 e. The lowest BCUT2D eigenvalue weighted by molar-refractivity contribution is 0.612. The van der Waals surface area contributed by atoms with E-state index in [-0.39, 0.29) is 0 Å². The van der Waals surface area contributed by atoms with Crippen molar-refractivity contribution in [2.24, 2.45) is 0 Å². The normalized spacial score (nSPS) is 13.1. The van der Waals surface area contributed by atoms with E-state index in [1.807, 2.05) is 0 Å². The topological polar surface area (TPSA) is 3.24 Å². The van der Waals surface area contributed by atoms with Gasteiger partial charge in [0, 0.05) is 0 Å². The van der Waals surface area contributed by atoms with E-state index in [2.05, 4.69) is 73.8 Å². The Bertz CT molecular complexity index is 321. The van der Waals surface area contributed by atoms with Gasteiger partial charge in [0.1, 0.15) is 16.5 Å². The molecule has 0 saturated carbocycles. The summed E-state index contributed by atoms with van der Waals surface area (Å²) in [6, 6.07) is 10.9. The molecule has 0 N–H and O–H groups in total. The Hall–Kier alpha value is -0.386. The molecule has 1 rings (SSSR count). The quantitative estimate of drug-likeness (QED) is 0.721. The Kier molecular flexibility index (Phi) is 4.75. The third-order valence-corrected chi connectivity index (χ3v) is 10.8. The molecule has 0 aromatic heterocycles. The predicted molar refractivity (Wildman–Crippen MR) is 83.5 cm³/mol. The van der Waals surface area contributed by atoms with Crippen LogP contribution in [0.5, 0.6) is 0 Å². The second-order valence-corrected chi connectivity index (χ2v) is 16.9. The average Bonchev–Trinajstić information content (AvgIpc) is 2.15. The first-order chi connectivity index (χ1) is 7.71. The van der Waals surface area contributed by atoms with Gasteiger partial charge in [0.05, 0.1) is 0 Å². The zero-order chi connectivity index (χ0) is 13.1. The first-order valence-electron chi connectivity index (χ1n) is 6.53. The van der Waals surface area contributed by atoms with Crippen molar-refractivity contribution in [1.82, 2.24) is 4.23 Å². The molecule has 0 aliphatic heterocycles. The molecule has 0 radical (unpaired) electrons. The molecule has 0 heterocycles. The van der Waals surface area contributed by atoms with Crippen molar-refractivity contribution >= 4 is 16.5 Å². The fourth-order valence-electron chi connectivity index (χ4n) is 2.56. The molecule has 0 fully saturated rings. The molecule has 0 spiro atoms. The molecular formula is C14H27NSi2. The van der Waals surface area contributed by atoms with Crippen LogP contribution in [0.25, 0.3) is 0 Å². The largest absolute Gasteiger partial charge is 0.345 e. The molecule has 1 nitrogen and oxygen atoms in total. The van der Waals surface area contributed by atoms with Crippen LogP contribution in [0.15, 0.2) is 30.3 Å². The Labute approximate surface area is 109 Å². The van der Waals surface area contributed by atoms with Crippen LogP contribution in [0.2, 0.25) is 39.3 Å². The van der Waals surface area contributed by atoms with E-state index in [9.17, 15) is 0 Å². The lowest BCUT2D eigenvalue weighted by Crippen LogP contribution is -2.59. The molecule has 0 saturated heterocycles. The first-order valence-corrected chi connectivity index (χ1v) is 13.4. The SMILES string of the molecule is C[Si](C)(C)N(CCc1ccccc1)[Si](C)(C)C. The van der Waals surface area contributed by atoms with Gasteiger partial charge in [0.15, 0.2) is 0 Å². The summed E-state index contributed by atoms with van der Waals surface area (Å²) in [4.78, 5) is 0. The third kappa shape index (κ3) is 4.78. The Morgan fingerprint density at radius 3 is 1.71 bits per heavy atom. The Morgan fingerprint density at radius 2 is 1.29 bits per heavy atom. The second kappa shape index (κ2) is 5.50. The highest BCUT2D eigenvalue weighted by Gasteiger charge is 2.33.